The molecule has 0 aromatic heterocycles. The Hall–Kier alpha value is -0.430. The third-order valence-corrected chi connectivity index (χ3v) is 4.03. The average Bonchev–Trinajstić information content (AvgIpc) is 2.38. The molecule has 0 spiro atoms. The van der Waals surface area contributed by atoms with Gasteiger partial charge in [0.15, 0.2) is 0 Å². The molecule has 20 heavy (non-hydrogen) atoms. The van der Waals surface area contributed by atoms with Crippen molar-refractivity contribution in [1.29, 1.82) is 0 Å². The van der Waals surface area contributed by atoms with Crippen LogP contribution in [0.4, 0.5) is 13.2 Å². The molecule has 1 heterocycles. The molecular weight excluding hydrogens is 309 g/mol. The van der Waals surface area contributed by atoms with Crippen molar-refractivity contribution < 1.29 is 13.2 Å². The zero-order chi connectivity index (χ0) is 13.9. The topological polar surface area (TPSA) is 15.3 Å². The molecule has 2 nitrogen and oxygen atoms in total. The summed E-state index contributed by atoms with van der Waals surface area (Å²) in [6, 6.07) is 6.92. The van der Waals surface area contributed by atoms with Gasteiger partial charge in [0.25, 0.3) is 0 Å². The lowest BCUT2D eigenvalue weighted by molar-refractivity contribution is -0.0328. The number of rotatable bonds is 3. The van der Waals surface area contributed by atoms with E-state index in [9.17, 15) is 13.2 Å². The van der Waals surface area contributed by atoms with Gasteiger partial charge in [-0.05, 0) is 36.4 Å². The highest BCUT2D eigenvalue weighted by Crippen LogP contribution is 2.37. The number of hydrogen-bond acceptors (Lipinski definition) is 3. The molecule has 0 saturated carbocycles. The van der Waals surface area contributed by atoms with Crippen LogP contribution in [0.2, 0.25) is 0 Å². The molecule has 0 radical (unpaired) electrons. The van der Waals surface area contributed by atoms with Crippen molar-refractivity contribution in [3.05, 3.63) is 29.8 Å². The molecular formula is C13H18ClF3N2S. The summed E-state index contributed by atoms with van der Waals surface area (Å²) >= 11 is -0.0669. The van der Waals surface area contributed by atoms with E-state index in [2.05, 4.69) is 17.1 Å². The highest BCUT2D eigenvalue weighted by Gasteiger charge is 2.29. The lowest BCUT2D eigenvalue weighted by Gasteiger charge is -2.33. The predicted molar refractivity (Wildman–Crippen MR) is 78.5 cm³/mol. The molecule has 1 saturated heterocycles. The Morgan fingerprint density at radius 2 is 1.70 bits per heavy atom. The summed E-state index contributed by atoms with van der Waals surface area (Å²) in [5, 5.41) is 3.29. The lowest BCUT2D eigenvalue weighted by atomic mass is 10.1. The summed E-state index contributed by atoms with van der Waals surface area (Å²) < 4.78 is 36.7. The van der Waals surface area contributed by atoms with Crippen LogP contribution in [0.1, 0.15) is 18.5 Å². The third-order valence-electron chi connectivity index (χ3n) is 3.30. The van der Waals surface area contributed by atoms with Gasteiger partial charge >= 0.3 is 5.51 Å². The number of benzene rings is 1. The maximum Gasteiger partial charge on any atom is 0.446 e. The van der Waals surface area contributed by atoms with Gasteiger partial charge in [0.1, 0.15) is 0 Å². The third kappa shape index (κ3) is 5.16. The standard InChI is InChI=1S/C13H17F3N2S.ClH/c1-10(18-8-6-17-7-9-18)11-2-4-12(5-3-11)19-13(14,15)16;/h2-5,10,17H,6-9H2,1H3;1H/t10-;/m1./s1. The van der Waals surface area contributed by atoms with Gasteiger partial charge in [-0.3, -0.25) is 4.90 Å². The monoisotopic (exact) mass is 326 g/mol. The van der Waals surface area contributed by atoms with Crippen molar-refractivity contribution >= 4 is 24.2 Å². The summed E-state index contributed by atoms with van der Waals surface area (Å²) in [6.07, 6.45) is 0. The second-order valence-electron chi connectivity index (χ2n) is 4.58. The van der Waals surface area contributed by atoms with Crippen LogP contribution in [0.25, 0.3) is 0 Å². The first-order valence-corrected chi connectivity index (χ1v) is 7.08. The molecule has 1 fully saturated rings. The van der Waals surface area contributed by atoms with Crippen LogP contribution in [0.15, 0.2) is 29.2 Å². The van der Waals surface area contributed by atoms with Crippen LogP contribution in [0, 0.1) is 0 Å². The van der Waals surface area contributed by atoms with E-state index in [1.807, 2.05) is 0 Å². The van der Waals surface area contributed by atoms with Gasteiger partial charge in [0.2, 0.25) is 0 Å². The number of thioether (sulfide) groups is 1. The van der Waals surface area contributed by atoms with Crippen LogP contribution in [-0.2, 0) is 0 Å². The smallest absolute Gasteiger partial charge is 0.314 e. The van der Waals surface area contributed by atoms with Crippen molar-refractivity contribution in [3.8, 4) is 0 Å². The Morgan fingerprint density at radius 1 is 1.15 bits per heavy atom. The van der Waals surface area contributed by atoms with E-state index >= 15 is 0 Å². The molecule has 7 heteroatoms. The number of piperazine rings is 1. The van der Waals surface area contributed by atoms with E-state index in [-0.39, 0.29) is 35.1 Å². The summed E-state index contributed by atoms with van der Waals surface area (Å²) in [4.78, 5) is 2.58. The molecule has 1 aliphatic heterocycles. The van der Waals surface area contributed by atoms with Gasteiger partial charge in [-0.25, -0.2) is 0 Å². The SMILES string of the molecule is C[C@H](c1ccc(SC(F)(F)F)cc1)N1CCNCC1.Cl. The Morgan fingerprint density at radius 3 is 2.20 bits per heavy atom. The van der Waals surface area contributed by atoms with Crippen LogP contribution in [-0.4, -0.2) is 36.6 Å². The van der Waals surface area contributed by atoms with Crippen LogP contribution in [0.5, 0.6) is 0 Å². The normalized spacial score (nSPS) is 18.4. The molecule has 0 unspecified atom stereocenters. The summed E-state index contributed by atoms with van der Waals surface area (Å²) in [7, 11) is 0. The van der Waals surface area contributed by atoms with Gasteiger partial charge in [-0.15, -0.1) is 12.4 Å². The van der Waals surface area contributed by atoms with E-state index in [0.29, 0.717) is 0 Å². The molecule has 1 N–H and O–H groups in total. The Labute approximate surface area is 127 Å². The van der Waals surface area contributed by atoms with E-state index in [4.69, 9.17) is 0 Å². The Bertz CT molecular complexity index is 405. The van der Waals surface area contributed by atoms with Crippen LogP contribution in [0.3, 0.4) is 0 Å². The van der Waals surface area contributed by atoms with Gasteiger partial charge in [-0.1, -0.05) is 12.1 Å². The van der Waals surface area contributed by atoms with Gasteiger partial charge in [0, 0.05) is 37.1 Å². The molecule has 1 aromatic carbocycles. The van der Waals surface area contributed by atoms with Gasteiger partial charge in [-0.2, -0.15) is 13.2 Å². The second-order valence-corrected chi connectivity index (χ2v) is 5.72. The zero-order valence-corrected chi connectivity index (χ0v) is 12.7. The summed E-state index contributed by atoms with van der Waals surface area (Å²) in [5.74, 6) is 0. The van der Waals surface area contributed by atoms with Crippen molar-refractivity contribution in [3.63, 3.8) is 0 Å². The molecule has 1 atom stereocenters. The molecule has 0 aliphatic carbocycles. The number of halogens is 4. The fourth-order valence-electron chi connectivity index (χ4n) is 2.23. The highest BCUT2D eigenvalue weighted by molar-refractivity contribution is 8.00. The number of nitrogens with one attached hydrogen (secondary N) is 1. The molecule has 0 bridgehead atoms. The second kappa shape index (κ2) is 7.54. The minimum atomic E-state index is -4.22. The fourth-order valence-corrected chi connectivity index (χ4v) is 2.77. The lowest BCUT2D eigenvalue weighted by Crippen LogP contribution is -2.44. The molecule has 2 rings (SSSR count). The van der Waals surface area contributed by atoms with Crippen molar-refractivity contribution in [2.75, 3.05) is 26.2 Å². The molecule has 1 aromatic rings. The fraction of sp³-hybridized carbons (Fsp3) is 0.538. The zero-order valence-electron chi connectivity index (χ0n) is 11.1. The van der Waals surface area contributed by atoms with E-state index < -0.39 is 5.51 Å². The van der Waals surface area contributed by atoms with E-state index in [1.54, 1.807) is 24.3 Å². The Kier molecular flexibility index (Phi) is 6.64. The van der Waals surface area contributed by atoms with Crippen LogP contribution < -0.4 is 5.32 Å². The first-order chi connectivity index (χ1) is 8.96. The van der Waals surface area contributed by atoms with E-state index in [0.717, 1.165) is 31.7 Å². The summed E-state index contributed by atoms with van der Waals surface area (Å²) in [6.45, 7) is 5.97. The molecule has 114 valence electrons. The number of nitrogens with zero attached hydrogens (tertiary/aromatic N) is 1. The largest absolute Gasteiger partial charge is 0.446 e. The molecule has 1 aliphatic rings. The van der Waals surface area contributed by atoms with Gasteiger partial charge in [0.05, 0.1) is 0 Å². The summed E-state index contributed by atoms with van der Waals surface area (Å²) in [5.41, 5.74) is -3.15. The van der Waals surface area contributed by atoms with E-state index in [1.165, 1.54) is 0 Å². The Balaban J connectivity index is 0.00000200. The maximum absolute atomic E-state index is 12.2. The minimum Gasteiger partial charge on any atom is -0.314 e. The van der Waals surface area contributed by atoms with Crippen LogP contribution >= 0.6 is 24.2 Å². The quantitative estimate of drug-likeness (QED) is 0.853. The van der Waals surface area contributed by atoms with Crippen molar-refractivity contribution in [2.24, 2.45) is 0 Å². The minimum absolute atomic E-state index is 0. The van der Waals surface area contributed by atoms with Crippen molar-refractivity contribution in [1.82, 2.24) is 10.2 Å². The first-order valence-electron chi connectivity index (χ1n) is 6.26. The first kappa shape index (κ1) is 17.6. The predicted octanol–water partition coefficient (Wildman–Crippen LogP) is 3.69. The number of alkyl halides is 3. The maximum atomic E-state index is 12.2. The number of hydrogen-bond donors (Lipinski definition) is 1. The van der Waals surface area contributed by atoms with Crippen molar-refractivity contribution in [2.45, 2.75) is 23.4 Å². The average molecular weight is 327 g/mol. The highest BCUT2D eigenvalue weighted by atomic mass is 35.5. The van der Waals surface area contributed by atoms with Gasteiger partial charge < -0.3 is 5.32 Å². The molecule has 0 amide bonds.